The summed E-state index contributed by atoms with van der Waals surface area (Å²) >= 11 is 0. The molecule has 4 N–H and O–H groups in total. The van der Waals surface area contributed by atoms with Crippen LogP contribution in [0, 0.1) is 10.1 Å². The van der Waals surface area contributed by atoms with Gasteiger partial charge in [0.15, 0.2) is 0 Å². The molecular formula is C13H18N4O3. The first-order chi connectivity index (χ1) is 9.61. The Morgan fingerprint density at radius 3 is 2.60 bits per heavy atom. The minimum absolute atomic E-state index is 0.131. The molecule has 1 aromatic carbocycles. The summed E-state index contributed by atoms with van der Waals surface area (Å²) in [5.74, 6) is 5.04. The van der Waals surface area contributed by atoms with Crippen molar-refractivity contribution < 1.29 is 9.72 Å². The van der Waals surface area contributed by atoms with Crippen molar-refractivity contribution in [3.8, 4) is 0 Å². The molecule has 1 aliphatic rings. The highest BCUT2D eigenvalue weighted by molar-refractivity contribution is 5.96. The van der Waals surface area contributed by atoms with Gasteiger partial charge in [0, 0.05) is 17.7 Å². The summed E-state index contributed by atoms with van der Waals surface area (Å²) in [5.41, 5.74) is 2.60. The van der Waals surface area contributed by atoms with Crippen LogP contribution < -0.4 is 16.6 Å². The molecule has 108 valence electrons. The summed E-state index contributed by atoms with van der Waals surface area (Å²) in [7, 11) is 0. The Hall–Kier alpha value is -2.15. The van der Waals surface area contributed by atoms with E-state index in [-0.39, 0.29) is 23.3 Å². The highest BCUT2D eigenvalue weighted by Gasteiger charge is 2.19. The molecule has 0 bridgehead atoms. The number of carbonyl (C=O) groups excluding carboxylic acids is 1. The molecule has 1 aliphatic carbocycles. The second-order valence-electron chi connectivity index (χ2n) is 4.94. The first-order valence-corrected chi connectivity index (χ1v) is 6.67. The Kier molecular flexibility index (Phi) is 4.52. The Morgan fingerprint density at radius 1 is 1.30 bits per heavy atom. The second-order valence-corrected chi connectivity index (χ2v) is 4.94. The lowest BCUT2D eigenvalue weighted by Crippen LogP contribution is -2.36. The van der Waals surface area contributed by atoms with Crippen LogP contribution in [-0.2, 0) is 0 Å². The summed E-state index contributed by atoms with van der Waals surface area (Å²) in [4.78, 5) is 22.4. The number of rotatable bonds is 4. The summed E-state index contributed by atoms with van der Waals surface area (Å²) in [6, 6.07) is 4.32. The molecule has 0 radical (unpaired) electrons. The quantitative estimate of drug-likeness (QED) is 0.443. The third kappa shape index (κ3) is 3.24. The predicted octanol–water partition coefficient (Wildman–Crippen LogP) is 1.94. The van der Waals surface area contributed by atoms with Crippen LogP contribution in [0.3, 0.4) is 0 Å². The molecule has 0 atom stereocenters. The lowest BCUT2D eigenvalue weighted by atomic mass is 9.95. The van der Waals surface area contributed by atoms with Crippen LogP contribution in [-0.4, -0.2) is 16.9 Å². The lowest BCUT2D eigenvalue weighted by Gasteiger charge is -2.22. The predicted molar refractivity (Wildman–Crippen MR) is 75.2 cm³/mol. The molecule has 0 unspecified atom stereocenters. The van der Waals surface area contributed by atoms with E-state index in [2.05, 4.69) is 10.7 Å². The van der Waals surface area contributed by atoms with Crippen LogP contribution >= 0.6 is 0 Å². The number of nitro benzene ring substituents is 1. The van der Waals surface area contributed by atoms with E-state index in [0.29, 0.717) is 5.56 Å². The number of hydrogen-bond donors (Lipinski definition) is 3. The summed E-state index contributed by atoms with van der Waals surface area (Å²) < 4.78 is 0. The highest BCUT2D eigenvalue weighted by Crippen LogP contribution is 2.25. The molecule has 0 spiro atoms. The molecule has 0 aliphatic heterocycles. The molecule has 1 aromatic rings. The van der Waals surface area contributed by atoms with Crippen molar-refractivity contribution in [1.29, 1.82) is 0 Å². The highest BCUT2D eigenvalue weighted by atomic mass is 16.6. The molecule has 20 heavy (non-hydrogen) atoms. The minimum atomic E-state index is -0.544. The van der Waals surface area contributed by atoms with Crippen molar-refractivity contribution >= 4 is 17.3 Å². The van der Waals surface area contributed by atoms with Crippen LogP contribution in [0.5, 0.6) is 0 Å². The second kappa shape index (κ2) is 6.33. The number of nitrogens with two attached hydrogens (primary N) is 1. The number of nitrogens with zero attached hydrogens (tertiary/aromatic N) is 1. The van der Waals surface area contributed by atoms with Gasteiger partial charge in [0.1, 0.15) is 5.69 Å². The molecule has 1 saturated carbocycles. The molecule has 7 nitrogen and oxygen atoms in total. The Morgan fingerprint density at radius 2 is 2.00 bits per heavy atom. The average molecular weight is 278 g/mol. The van der Waals surface area contributed by atoms with Crippen LogP contribution in [0.15, 0.2) is 18.2 Å². The van der Waals surface area contributed by atoms with E-state index in [0.717, 1.165) is 25.7 Å². The fourth-order valence-corrected chi connectivity index (χ4v) is 2.47. The van der Waals surface area contributed by atoms with Crippen molar-refractivity contribution in [1.82, 2.24) is 5.32 Å². The van der Waals surface area contributed by atoms with Gasteiger partial charge < -0.3 is 10.7 Å². The number of amides is 1. The number of nitrogen functional groups attached to an aromatic ring is 1. The third-order valence-electron chi connectivity index (χ3n) is 3.55. The zero-order chi connectivity index (χ0) is 14.5. The number of nitro groups is 1. The van der Waals surface area contributed by atoms with Gasteiger partial charge in [-0.3, -0.25) is 20.8 Å². The first-order valence-electron chi connectivity index (χ1n) is 6.67. The standard InChI is InChI=1S/C13H18N4O3/c14-16-11-8-9(6-7-12(11)17(19)20)13(18)15-10-4-2-1-3-5-10/h6-8,10,16H,1-5,14H2,(H,15,18). The fourth-order valence-electron chi connectivity index (χ4n) is 2.47. The topological polar surface area (TPSA) is 110 Å². The third-order valence-corrected chi connectivity index (χ3v) is 3.55. The summed E-state index contributed by atoms with van der Waals surface area (Å²) in [6.07, 6.45) is 5.44. The monoisotopic (exact) mass is 278 g/mol. The van der Waals surface area contributed by atoms with Gasteiger partial charge in [0.2, 0.25) is 0 Å². The number of anilines is 1. The van der Waals surface area contributed by atoms with E-state index < -0.39 is 4.92 Å². The number of nitrogens with one attached hydrogen (secondary N) is 2. The number of hydrogen-bond acceptors (Lipinski definition) is 5. The number of benzene rings is 1. The van der Waals surface area contributed by atoms with Gasteiger partial charge in [-0.2, -0.15) is 0 Å². The largest absolute Gasteiger partial charge is 0.349 e. The van der Waals surface area contributed by atoms with Crippen LogP contribution in [0.2, 0.25) is 0 Å². The SMILES string of the molecule is NNc1cc(C(=O)NC2CCCCC2)ccc1[N+](=O)[O-]. The van der Waals surface area contributed by atoms with Crippen molar-refractivity contribution in [2.75, 3.05) is 5.43 Å². The van der Waals surface area contributed by atoms with E-state index in [4.69, 9.17) is 5.84 Å². The van der Waals surface area contributed by atoms with Gasteiger partial charge >= 0.3 is 0 Å². The molecule has 0 aromatic heterocycles. The van der Waals surface area contributed by atoms with E-state index in [1.165, 1.54) is 24.6 Å². The molecular weight excluding hydrogens is 260 g/mol. The van der Waals surface area contributed by atoms with Crippen LogP contribution in [0.4, 0.5) is 11.4 Å². The van der Waals surface area contributed by atoms with Gasteiger partial charge in [-0.1, -0.05) is 19.3 Å². The molecule has 2 rings (SSSR count). The Bertz CT molecular complexity index is 512. The smallest absolute Gasteiger partial charge is 0.293 e. The van der Waals surface area contributed by atoms with Gasteiger partial charge in [-0.25, -0.2) is 0 Å². The molecule has 7 heteroatoms. The maximum absolute atomic E-state index is 12.1. The van der Waals surface area contributed by atoms with Gasteiger partial charge in [-0.05, 0) is 25.0 Å². The van der Waals surface area contributed by atoms with Crippen LogP contribution in [0.25, 0.3) is 0 Å². The zero-order valence-electron chi connectivity index (χ0n) is 11.1. The molecule has 0 heterocycles. The van der Waals surface area contributed by atoms with Gasteiger partial charge in [0.05, 0.1) is 4.92 Å². The average Bonchev–Trinajstić information content (AvgIpc) is 2.47. The van der Waals surface area contributed by atoms with E-state index >= 15 is 0 Å². The van der Waals surface area contributed by atoms with E-state index in [9.17, 15) is 14.9 Å². The minimum Gasteiger partial charge on any atom is -0.349 e. The number of hydrazine groups is 1. The molecule has 0 saturated heterocycles. The van der Waals surface area contributed by atoms with Gasteiger partial charge in [0.25, 0.3) is 11.6 Å². The van der Waals surface area contributed by atoms with E-state index in [1.807, 2.05) is 0 Å². The first kappa shape index (κ1) is 14.3. The summed E-state index contributed by atoms with van der Waals surface area (Å²) in [6.45, 7) is 0. The Balaban J connectivity index is 2.11. The van der Waals surface area contributed by atoms with Crippen LogP contribution in [0.1, 0.15) is 42.5 Å². The van der Waals surface area contributed by atoms with Crippen molar-refractivity contribution in [3.63, 3.8) is 0 Å². The lowest BCUT2D eigenvalue weighted by molar-refractivity contribution is -0.384. The van der Waals surface area contributed by atoms with E-state index in [1.54, 1.807) is 0 Å². The maximum Gasteiger partial charge on any atom is 0.293 e. The maximum atomic E-state index is 12.1. The van der Waals surface area contributed by atoms with Crippen molar-refractivity contribution in [2.24, 2.45) is 5.84 Å². The van der Waals surface area contributed by atoms with Gasteiger partial charge in [-0.15, -0.1) is 0 Å². The molecule has 1 fully saturated rings. The zero-order valence-corrected chi connectivity index (χ0v) is 11.1. The Labute approximate surface area is 116 Å². The van der Waals surface area contributed by atoms with Crippen molar-refractivity contribution in [3.05, 3.63) is 33.9 Å². The molecule has 1 amide bonds. The summed E-state index contributed by atoms with van der Waals surface area (Å²) in [5, 5.41) is 13.7. The fraction of sp³-hybridized carbons (Fsp3) is 0.462. The normalized spacial score (nSPS) is 15.7. The number of carbonyl (C=O) groups is 1. The van der Waals surface area contributed by atoms with Crippen molar-refractivity contribution in [2.45, 2.75) is 38.1 Å².